The van der Waals surface area contributed by atoms with Crippen molar-refractivity contribution in [2.45, 2.75) is 0 Å². The highest BCUT2D eigenvalue weighted by Crippen LogP contribution is 2.11. The Morgan fingerprint density at radius 3 is 2.31 bits per heavy atom. The molecule has 2 rings (SSSR count). The minimum absolute atomic E-state index is 0.0577. The molecule has 0 amide bonds. The zero-order valence-corrected chi connectivity index (χ0v) is 8.55. The maximum absolute atomic E-state index is 12.0. The molecule has 0 radical (unpaired) electrons. The second kappa shape index (κ2) is 4.41. The lowest BCUT2D eigenvalue weighted by molar-refractivity contribution is 0.103. The molecule has 0 spiro atoms. The van der Waals surface area contributed by atoms with Gasteiger partial charge in [-0.3, -0.25) is 4.79 Å². The van der Waals surface area contributed by atoms with Crippen LogP contribution in [0.1, 0.15) is 21.5 Å². The van der Waals surface area contributed by atoms with Crippen molar-refractivity contribution in [2.75, 3.05) is 0 Å². The molecule has 76 valence electrons. The Morgan fingerprint density at radius 2 is 1.62 bits per heavy atom. The molecule has 0 N–H and O–H groups in total. The number of nitriles is 1. The van der Waals surface area contributed by atoms with E-state index in [0.29, 0.717) is 16.7 Å². The van der Waals surface area contributed by atoms with Crippen molar-refractivity contribution in [3.8, 4) is 6.07 Å². The van der Waals surface area contributed by atoms with Gasteiger partial charge < -0.3 is 0 Å². The summed E-state index contributed by atoms with van der Waals surface area (Å²) in [6.45, 7) is 0. The van der Waals surface area contributed by atoms with E-state index in [9.17, 15) is 4.79 Å². The van der Waals surface area contributed by atoms with Crippen LogP contribution in [0, 0.1) is 11.3 Å². The fourth-order valence-electron chi connectivity index (χ4n) is 1.49. The van der Waals surface area contributed by atoms with E-state index < -0.39 is 0 Å². The zero-order chi connectivity index (χ0) is 11.4. The Labute approximate surface area is 93.8 Å². The van der Waals surface area contributed by atoms with Crippen molar-refractivity contribution in [1.82, 2.24) is 0 Å². The number of rotatable bonds is 2. The summed E-state index contributed by atoms with van der Waals surface area (Å²) >= 11 is 0. The molecular formula is C14H9NO. The number of ketones is 1. The molecule has 0 aliphatic carbocycles. The molecule has 16 heavy (non-hydrogen) atoms. The van der Waals surface area contributed by atoms with Crippen LogP contribution in [0.15, 0.2) is 54.6 Å². The largest absolute Gasteiger partial charge is 0.289 e. The highest BCUT2D eigenvalue weighted by Gasteiger charge is 2.08. The number of nitrogens with zero attached hydrogens (tertiary/aromatic N) is 1. The van der Waals surface area contributed by atoms with Crippen LogP contribution in [0.3, 0.4) is 0 Å². The molecule has 0 atom stereocenters. The average Bonchev–Trinajstić information content (AvgIpc) is 2.39. The molecule has 0 aromatic heterocycles. The fraction of sp³-hybridized carbons (Fsp3) is 0. The quantitative estimate of drug-likeness (QED) is 0.710. The third-order valence-corrected chi connectivity index (χ3v) is 2.29. The van der Waals surface area contributed by atoms with E-state index in [1.54, 1.807) is 36.4 Å². The Balaban J connectivity index is 2.39. The van der Waals surface area contributed by atoms with E-state index in [-0.39, 0.29) is 5.78 Å². The molecule has 2 aromatic rings. The minimum Gasteiger partial charge on any atom is -0.289 e. The summed E-state index contributed by atoms with van der Waals surface area (Å²) < 4.78 is 0. The van der Waals surface area contributed by atoms with Crippen molar-refractivity contribution >= 4 is 5.78 Å². The Bertz CT molecular complexity index is 552. The number of carbonyl (C=O) groups excluding carboxylic acids is 1. The van der Waals surface area contributed by atoms with Crippen LogP contribution in [0.25, 0.3) is 0 Å². The molecule has 0 saturated heterocycles. The third kappa shape index (κ3) is 1.99. The smallest absolute Gasteiger partial charge is 0.193 e. The van der Waals surface area contributed by atoms with Gasteiger partial charge in [0.15, 0.2) is 5.78 Å². The molecule has 0 bridgehead atoms. The average molecular weight is 207 g/mol. The molecule has 0 heterocycles. The van der Waals surface area contributed by atoms with Gasteiger partial charge in [-0.2, -0.15) is 5.26 Å². The van der Waals surface area contributed by atoms with E-state index in [4.69, 9.17) is 5.26 Å². The lowest BCUT2D eigenvalue weighted by Gasteiger charge is -2.00. The lowest BCUT2D eigenvalue weighted by atomic mass is 10.0. The molecule has 0 aliphatic rings. The van der Waals surface area contributed by atoms with Crippen molar-refractivity contribution in [1.29, 1.82) is 5.26 Å². The first-order valence-electron chi connectivity index (χ1n) is 4.91. The topological polar surface area (TPSA) is 40.9 Å². The van der Waals surface area contributed by atoms with E-state index in [2.05, 4.69) is 0 Å². The molecular weight excluding hydrogens is 198 g/mol. The standard InChI is InChI=1S/C14H9NO/c15-10-11-5-4-8-13(9-11)14(16)12-6-2-1-3-7-12/h1-9H. The highest BCUT2D eigenvalue weighted by molar-refractivity contribution is 6.09. The third-order valence-electron chi connectivity index (χ3n) is 2.29. The molecule has 2 nitrogen and oxygen atoms in total. The number of hydrogen-bond acceptors (Lipinski definition) is 2. The number of benzene rings is 2. The van der Waals surface area contributed by atoms with Crippen molar-refractivity contribution in [3.05, 3.63) is 71.3 Å². The Hall–Kier alpha value is -2.40. The summed E-state index contributed by atoms with van der Waals surface area (Å²) in [7, 11) is 0. The van der Waals surface area contributed by atoms with Gasteiger partial charge in [-0.05, 0) is 12.1 Å². The lowest BCUT2D eigenvalue weighted by Crippen LogP contribution is -2.00. The molecule has 2 aromatic carbocycles. The maximum atomic E-state index is 12.0. The van der Waals surface area contributed by atoms with Gasteiger partial charge in [-0.25, -0.2) is 0 Å². The van der Waals surface area contributed by atoms with Gasteiger partial charge in [0, 0.05) is 11.1 Å². The van der Waals surface area contributed by atoms with Crippen LogP contribution in [-0.4, -0.2) is 5.78 Å². The second-order valence-electron chi connectivity index (χ2n) is 3.39. The molecule has 0 unspecified atom stereocenters. The SMILES string of the molecule is N#Cc1cccc(C(=O)c2ccccc2)c1. The molecule has 0 saturated carbocycles. The van der Waals surface area contributed by atoms with Gasteiger partial charge in [-0.15, -0.1) is 0 Å². The van der Waals surface area contributed by atoms with Crippen LogP contribution in [0.2, 0.25) is 0 Å². The van der Waals surface area contributed by atoms with Crippen molar-refractivity contribution < 1.29 is 4.79 Å². The van der Waals surface area contributed by atoms with E-state index in [0.717, 1.165) is 0 Å². The summed E-state index contributed by atoms with van der Waals surface area (Å²) in [5.74, 6) is -0.0577. The van der Waals surface area contributed by atoms with Gasteiger partial charge in [-0.1, -0.05) is 42.5 Å². The van der Waals surface area contributed by atoms with Gasteiger partial charge in [0.2, 0.25) is 0 Å². The Morgan fingerprint density at radius 1 is 0.938 bits per heavy atom. The second-order valence-corrected chi connectivity index (χ2v) is 3.39. The maximum Gasteiger partial charge on any atom is 0.193 e. The van der Waals surface area contributed by atoms with Crippen molar-refractivity contribution in [3.63, 3.8) is 0 Å². The first kappa shape index (κ1) is 10.1. The van der Waals surface area contributed by atoms with Gasteiger partial charge >= 0.3 is 0 Å². The predicted octanol–water partition coefficient (Wildman–Crippen LogP) is 2.79. The summed E-state index contributed by atoms with van der Waals surface area (Å²) in [5, 5.41) is 8.75. The summed E-state index contributed by atoms with van der Waals surface area (Å²) in [4.78, 5) is 12.0. The number of hydrogen-bond donors (Lipinski definition) is 0. The van der Waals surface area contributed by atoms with Crippen LogP contribution in [-0.2, 0) is 0 Å². The highest BCUT2D eigenvalue weighted by atomic mass is 16.1. The van der Waals surface area contributed by atoms with Crippen LogP contribution < -0.4 is 0 Å². The zero-order valence-electron chi connectivity index (χ0n) is 8.55. The van der Waals surface area contributed by atoms with Crippen molar-refractivity contribution in [2.24, 2.45) is 0 Å². The monoisotopic (exact) mass is 207 g/mol. The van der Waals surface area contributed by atoms with Crippen LogP contribution >= 0.6 is 0 Å². The van der Waals surface area contributed by atoms with Gasteiger partial charge in [0.05, 0.1) is 11.6 Å². The first-order valence-corrected chi connectivity index (χ1v) is 4.91. The number of carbonyl (C=O) groups is 1. The van der Waals surface area contributed by atoms with Gasteiger partial charge in [0.25, 0.3) is 0 Å². The van der Waals surface area contributed by atoms with E-state index >= 15 is 0 Å². The first-order chi connectivity index (χ1) is 7.81. The summed E-state index contributed by atoms with van der Waals surface area (Å²) in [5.41, 5.74) is 1.68. The van der Waals surface area contributed by atoms with Gasteiger partial charge in [0.1, 0.15) is 0 Å². The van der Waals surface area contributed by atoms with Crippen LogP contribution in [0.4, 0.5) is 0 Å². The minimum atomic E-state index is -0.0577. The normalized spacial score (nSPS) is 9.44. The Kier molecular flexibility index (Phi) is 2.79. The van der Waals surface area contributed by atoms with E-state index in [1.165, 1.54) is 0 Å². The van der Waals surface area contributed by atoms with E-state index in [1.807, 2.05) is 24.3 Å². The molecule has 0 aliphatic heterocycles. The summed E-state index contributed by atoms with van der Waals surface area (Å²) in [6, 6.07) is 17.8. The van der Waals surface area contributed by atoms with Crippen LogP contribution in [0.5, 0.6) is 0 Å². The molecule has 2 heteroatoms. The summed E-state index contributed by atoms with van der Waals surface area (Å²) in [6.07, 6.45) is 0. The molecule has 0 fully saturated rings. The predicted molar refractivity (Wildman–Crippen MR) is 61.0 cm³/mol. The fourth-order valence-corrected chi connectivity index (χ4v) is 1.49.